The van der Waals surface area contributed by atoms with E-state index in [4.69, 9.17) is 10.5 Å². The van der Waals surface area contributed by atoms with Crippen molar-refractivity contribution in [3.05, 3.63) is 5.69 Å². The van der Waals surface area contributed by atoms with Gasteiger partial charge >= 0.3 is 0 Å². The van der Waals surface area contributed by atoms with Crippen LogP contribution in [0.25, 0.3) is 0 Å². The van der Waals surface area contributed by atoms with E-state index in [9.17, 15) is 0 Å². The molecule has 1 saturated carbocycles. The summed E-state index contributed by atoms with van der Waals surface area (Å²) in [7, 11) is 0. The van der Waals surface area contributed by atoms with E-state index in [-0.39, 0.29) is 0 Å². The summed E-state index contributed by atoms with van der Waals surface area (Å²) >= 11 is 0. The van der Waals surface area contributed by atoms with Gasteiger partial charge in [0.25, 0.3) is 0 Å². The molecule has 5 nitrogen and oxygen atoms in total. The van der Waals surface area contributed by atoms with Gasteiger partial charge in [-0.15, -0.1) is 0 Å². The summed E-state index contributed by atoms with van der Waals surface area (Å²) in [5.74, 6) is 0.981. The van der Waals surface area contributed by atoms with Crippen LogP contribution in [0.5, 0.6) is 0 Å². The maximum atomic E-state index is 6.08. The normalized spacial score (nSPS) is 22.8. The average Bonchev–Trinajstić information content (AvgIpc) is 2.54. The Labute approximate surface area is 109 Å². The Morgan fingerprint density at radius 2 is 2.17 bits per heavy atom. The molecule has 0 bridgehead atoms. The molecule has 1 aromatic heterocycles. The highest BCUT2D eigenvalue weighted by atomic mass is 16.5. The molecule has 1 aliphatic carbocycles. The van der Waals surface area contributed by atoms with Crippen molar-refractivity contribution in [2.75, 3.05) is 17.7 Å². The molecular formula is C13H24N4O. The monoisotopic (exact) mass is 252 g/mol. The molecule has 18 heavy (non-hydrogen) atoms. The largest absolute Gasteiger partial charge is 0.394 e. The van der Waals surface area contributed by atoms with Crippen molar-refractivity contribution >= 4 is 11.5 Å². The molecule has 0 saturated heterocycles. The quantitative estimate of drug-likeness (QED) is 0.814. The van der Waals surface area contributed by atoms with Crippen molar-refractivity contribution in [1.82, 2.24) is 9.78 Å². The van der Waals surface area contributed by atoms with E-state index >= 15 is 0 Å². The van der Waals surface area contributed by atoms with Crippen LogP contribution in [0.3, 0.4) is 0 Å². The second-order valence-corrected chi connectivity index (χ2v) is 4.96. The topological polar surface area (TPSA) is 65.1 Å². The van der Waals surface area contributed by atoms with E-state index in [1.165, 1.54) is 0 Å². The Bertz CT molecular complexity index is 396. The number of rotatable bonds is 6. The molecule has 0 atom stereocenters. The smallest absolute Gasteiger partial charge is 0.148 e. The van der Waals surface area contributed by atoms with E-state index in [1.54, 1.807) is 0 Å². The summed E-state index contributed by atoms with van der Waals surface area (Å²) < 4.78 is 7.55. The third-order valence-electron chi connectivity index (χ3n) is 3.45. The van der Waals surface area contributed by atoms with E-state index in [1.807, 2.05) is 18.5 Å². The van der Waals surface area contributed by atoms with Crippen molar-refractivity contribution in [2.45, 2.75) is 58.7 Å². The average molecular weight is 252 g/mol. The lowest BCUT2D eigenvalue weighted by atomic mass is 9.89. The second kappa shape index (κ2) is 5.61. The number of nitrogens with zero attached hydrogens (tertiary/aromatic N) is 2. The number of nitrogens with two attached hydrogens (primary N) is 1. The third kappa shape index (κ3) is 2.61. The predicted molar refractivity (Wildman–Crippen MR) is 73.7 cm³/mol. The van der Waals surface area contributed by atoms with E-state index < -0.39 is 0 Å². The number of hydrogen-bond acceptors (Lipinski definition) is 4. The van der Waals surface area contributed by atoms with Crippen LogP contribution in [0.1, 0.15) is 38.8 Å². The second-order valence-electron chi connectivity index (χ2n) is 4.96. The van der Waals surface area contributed by atoms with Gasteiger partial charge in [0.1, 0.15) is 5.82 Å². The molecule has 0 unspecified atom stereocenters. The molecule has 0 spiro atoms. The molecule has 1 fully saturated rings. The van der Waals surface area contributed by atoms with Gasteiger partial charge in [0, 0.05) is 19.2 Å². The first-order valence-electron chi connectivity index (χ1n) is 6.86. The molecule has 0 amide bonds. The fourth-order valence-electron chi connectivity index (χ4n) is 2.37. The fraction of sp³-hybridized carbons (Fsp3) is 0.769. The van der Waals surface area contributed by atoms with Gasteiger partial charge in [0.2, 0.25) is 0 Å². The summed E-state index contributed by atoms with van der Waals surface area (Å²) in [4.78, 5) is 0. The van der Waals surface area contributed by atoms with Crippen LogP contribution in [-0.4, -0.2) is 28.5 Å². The first-order chi connectivity index (χ1) is 8.65. The number of ether oxygens (including phenoxy) is 1. The minimum atomic E-state index is 0.414. The molecule has 3 N–H and O–H groups in total. The Hall–Kier alpha value is -1.23. The number of hydrogen-bond donors (Lipinski definition) is 2. The van der Waals surface area contributed by atoms with E-state index in [2.05, 4.69) is 17.3 Å². The van der Waals surface area contributed by atoms with Gasteiger partial charge in [0.15, 0.2) is 0 Å². The van der Waals surface area contributed by atoms with Crippen molar-refractivity contribution in [2.24, 2.45) is 0 Å². The summed E-state index contributed by atoms with van der Waals surface area (Å²) in [5, 5.41) is 7.97. The van der Waals surface area contributed by atoms with Gasteiger partial charge in [-0.3, -0.25) is 0 Å². The molecule has 102 valence electrons. The lowest BCUT2D eigenvalue weighted by Gasteiger charge is -2.36. The first-order valence-corrected chi connectivity index (χ1v) is 6.86. The molecule has 2 rings (SSSR count). The molecule has 0 aromatic carbocycles. The summed E-state index contributed by atoms with van der Waals surface area (Å²) in [6, 6.07) is 0.468. The number of nitrogens with one attached hydrogen (secondary N) is 1. The van der Waals surface area contributed by atoms with Crippen LogP contribution in [0.2, 0.25) is 0 Å². The van der Waals surface area contributed by atoms with Crippen LogP contribution in [0, 0.1) is 6.92 Å². The maximum Gasteiger partial charge on any atom is 0.148 e. The molecule has 0 radical (unpaired) electrons. The van der Waals surface area contributed by atoms with Gasteiger partial charge < -0.3 is 15.8 Å². The lowest BCUT2D eigenvalue weighted by molar-refractivity contribution is 0.00285. The van der Waals surface area contributed by atoms with Crippen molar-refractivity contribution < 1.29 is 4.74 Å². The molecular weight excluding hydrogens is 228 g/mol. The highest BCUT2D eigenvalue weighted by Crippen LogP contribution is 2.30. The van der Waals surface area contributed by atoms with E-state index in [0.29, 0.717) is 12.1 Å². The van der Waals surface area contributed by atoms with Crippen molar-refractivity contribution in [3.8, 4) is 0 Å². The summed E-state index contributed by atoms with van der Waals surface area (Å²) in [6.45, 7) is 7.84. The molecule has 1 aromatic rings. The maximum absolute atomic E-state index is 6.08. The zero-order valence-corrected chi connectivity index (χ0v) is 11.6. The lowest BCUT2D eigenvalue weighted by Crippen LogP contribution is -2.41. The standard InChI is InChI=1S/C13H24N4O/c1-4-6-17-13(12(14)9(3)16-17)15-10-7-11(8-10)18-5-2/h10-11,15H,4-8,14H2,1-3H3. The van der Waals surface area contributed by atoms with Crippen LogP contribution < -0.4 is 11.1 Å². The Morgan fingerprint density at radius 3 is 2.78 bits per heavy atom. The highest BCUT2D eigenvalue weighted by Gasteiger charge is 2.30. The predicted octanol–water partition coefficient (Wildman–Crippen LogP) is 2.16. The number of aromatic nitrogens is 2. The van der Waals surface area contributed by atoms with Gasteiger partial charge in [-0.25, -0.2) is 4.68 Å². The SMILES string of the molecule is CCCn1nc(C)c(N)c1NC1CC(OCC)C1. The fourth-order valence-corrected chi connectivity index (χ4v) is 2.37. The van der Waals surface area contributed by atoms with E-state index in [0.717, 1.165) is 49.6 Å². The minimum Gasteiger partial charge on any atom is -0.394 e. The molecule has 0 aliphatic heterocycles. The molecule has 1 aliphatic rings. The van der Waals surface area contributed by atoms with Crippen LogP contribution in [0.4, 0.5) is 11.5 Å². The molecule has 1 heterocycles. The van der Waals surface area contributed by atoms with Crippen molar-refractivity contribution in [3.63, 3.8) is 0 Å². The summed E-state index contributed by atoms with van der Waals surface area (Å²) in [6.07, 6.45) is 3.59. The number of anilines is 2. The van der Waals surface area contributed by atoms with Crippen LogP contribution >= 0.6 is 0 Å². The Kier molecular flexibility index (Phi) is 4.11. The zero-order chi connectivity index (χ0) is 13.1. The molecule has 5 heteroatoms. The van der Waals surface area contributed by atoms with Crippen LogP contribution in [0.15, 0.2) is 0 Å². The number of nitrogen functional groups attached to an aromatic ring is 1. The first kappa shape index (κ1) is 13.2. The van der Waals surface area contributed by atoms with Gasteiger partial charge in [0.05, 0.1) is 17.5 Å². The minimum absolute atomic E-state index is 0.414. The summed E-state index contributed by atoms with van der Waals surface area (Å²) in [5.41, 5.74) is 7.77. The zero-order valence-electron chi connectivity index (χ0n) is 11.6. The highest BCUT2D eigenvalue weighted by molar-refractivity contribution is 5.65. The Balaban J connectivity index is 1.97. The van der Waals surface area contributed by atoms with Crippen molar-refractivity contribution in [1.29, 1.82) is 0 Å². The van der Waals surface area contributed by atoms with Gasteiger partial charge in [-0.1, -0.05) is 6.92 Å². The Morgan fingerprint density at radius 1 is 1.44 bits per heavy atom. The third-order valence-corrected chi connectivity index (χ3v) is 3.45. The van der Waals surface area contributed by atoms with Gasteiger partial charge in [-0.05, 0) is 33.1 Å². The van der Waals surface area contributed by atoms with Gasteiger partial charge in [-0.2, -0.15) is 5.10 Å². The van der Waals surface area contributed by atoms with Crippen LogP contribution in [-0.2, 0) is 11.3 Å². The number of aryl methyl sites for hydroxylation is 2.